The predicted octanol–water partition coefficient (Wildman–Crippen LogP) is 2.64. The van der Waals surface area contributed by atoms with E-state index >= 15 is 0 Å². The van der Waals surface area contributed by atoms with Crippen LogP contribution in [-0.2, 0) is 4.79 Å². The van der Waals surface area contributed by atoms with E-state index in [1.54, 1.807) is 12.1 Å². The van der Waals surface area contributed by atoms with Gasteiger partial charge in [-0.15, -0.1) is 0 Å². The molecule has 2 aromatic rings. The number of quaternary nitrogens is 1. The highest BCUT2D eigenvalue weighted by Gasteiger charge is 2.21. The molecule has 27 heavy (non-hydrogen) atoms. The average Bonchev–Trinajstić information content (AvgIpc) is 2.63. The Bertz CT molecular complexity index is 809. The predicted molar refractivity (Wildman–Crippen MR) is 99.0 cm³/mol. The van der Waals surface area contributed by atoms with Crippen LogP contribution in [0.1, 0.15) is 25.5 Å². The zero-order chi connectivity index (χ0) is 20.0. The van der Waals surface area contributed by atoms with Crippen LogP contribution in [0, 0.1) is 21.8 Å². The number of hydrogen-bond acceptors (Lipinski definition) is 4. The average molecular weight is 376 g/mol. The number of nitro benzene ring substituents is 1. The highest BCUT2D eigenvalue weighted by Crippen LogP contribution is 2.28. The molecule has 0 radical (unpaired) electrons. The molecule has 0 aromatic heterocycles. The largest absolute Gasteiger partial charge is 0.494 e. The summed E-state index contributed by atoms with van der Waals surface area (Å²) in [4.78, 5) is 22.6. The first-order valence-electron chi connectivity index (χ1n) is 8.53. The summed E-state index contributed by atoms with van der Waals surface area (Å²) in [6.07, 6.45) is 0. The maximum Gasteiger partial charge on any atom is 0.279 e. The Balaban J connectivity index is 2.04. The molecular weight excluding hydrogens is 353 g/mol. The number of anilines is 1. The molecule has 8 heteroatoms. The molecule has 0 aliphatic rings. The fourth-order valence-electron chi connectivity index (χ4n) is 2.81. The van der Waals surface area contributed by atoms with Crippen molar-refractivity contribution in [1.29, 1.82) is 0 Å². The number of benzene rings is 2. The van der Waals surface area contributed by atoms with Gasteiger partial charge in [-0.25, -0.2) is 4.39 Å². The molecule has 0 heterocycles. The number of non-ortho nitro benzene ring substituents is 1. The van der Waals surface area contributed by atoms with Gasteiger partial charge in [0.1, 0.15) is 17.6 Å². The lowest BCUT2D eigenvalue weighted by Crippen LogP contribution is -2.88. The summed E-state index contributed by atoms with van der Waals surface area (Å²) in [5.74, 6) is -0.118. The summed E-state index contributed by atoms with van der Waals surface area (Å²) in [5, 5.41) is 15.4. The number of nitro groups is 1. The first-order valence-corrected chi connectivity index (χ1v) is 8.53. The minimum Gasteiger partial charge on any atom is -0.494 e. The first kappa shape index (κ1) is 20.3. The molecule has 0 saturated carbocycles. The first-order chi connectivity index (χ1) is 12.8. The summed E-state index contributed by atoms with van der Waals surface area (Å²) < 4.78 is 18.2. The van der Waals surface area contributed by atoms with Crippen LogP contribution in [0.25, 0.3) is 0 Å². The fourth-order valence-corrected chi connectivity index (χ4v) is 2.81. The zero-order valence-electron chi connectivity index (χ0n) is 15.4. The van der Waals surface area contributed by atoms with Gasteiger partial charge >= 0.3 is 0 Å². The van der Waals surface area contributed by atoms with Crippen LogP contribution >= 0.6 is 0 Å². The third-order valence-electron chi connectivity index (χ3n) is 4.20. The summed E-state index contributed by atoms with van der Waals surface area (Å²) in [5.41, 5.74) is 1.18. The van der Waals surface area contributed by atoms with Gasteiger partial charge in [0.2, 0.25) is 0 Å². The maximum absolute atomic E-state index is 13.1. The summed E-state index contributed by atoms with van der Waals surface area (Å²) in [6.45, 7) is 4.20. The Kier molecular flexibility index (Phi) is 6.84. The van der Waals surface area contributed by atoms with E-state index in [9.17, 15) is 19.3 Å². The molecule has 0 saturated heterocycles. The lowest BCUT2D eigenvalue weighted by molar-refractivity contribution is -0.692. The Morgan fingerprint density at radius 1 is 1.26 bits per heavy atom. The van der Waals surface area contributed by atoms with Gasteiger partial charge in [-0.1, -0.05) is 26.0 Å². The molecule has 2 rings (SSSR count). The Morgan fingerprint density at radius 3 is 2.48 bits per heavy atom. The Morgan fingerprint density at radius 2 is 1.93 bits per heavy atom. The zero-order valence-corrected chi connectivity index (χ0v) is 15.4. The molecule has 0 aliphatic heterocycles. The van der Waals surface area contributed by atoms with Crippen LogP contribution in [0.3, 0.4) is 0 Å². The number of halogens is 1. The maximum atomic E-state index is 13.1. The quantitative estimate of drug-likeness (QED) is 0.547. The number of nitrogens with zero attached hydrogens (tertiary/aromatic N) is 1. The second-order valence-corrected chi connectivity index (χ2v) is 6.45. The number of nitrogens with one attached hydrogen (secondary N) is 1. The van der Waals surface area contributed by atoms with Crippen LogP contribution < -0.4 is 15.4 Å². The van der Waals surface area contributed by atoms with Crippen molar-refractivity contribution in [2.45, 2.75) is 19.9 Å². The van der Waals surface area contributed by atoms with Gasteiger partial charge in [0.15, 0.2) is 6.54 Å². The number of carbonyl (C=O) groups is 1. The normalized spacial score (nSPS) is 11.9. The Labute approximate surface area is 156 Å². The molecule has 0 fully saturated rings. The number of amides is 1. The van der Waals surface area contributed by atoms with E-state index in [1.165, 1.54) is 37.4 Å². The third-order valence-corrected chi connectivity index (χ3v) is 4.20. The fraction of sp³-hybridized carbons (Fsp3) is 0.316. The molecule has 0 spiro atoms. The van der Waals surface area contributed by atoms with Crippen LogP contribution in [0.2, 0.25) is 0 Å². The number of methoxy groups -OCH3 is 1. The molecular formula is C19H23FN3O4+. The van der Waals surface area contributed by atoms with E-state index in [0.29, 0.717) is 5.69 Å². The van der Waals surface area contributed by atoms with Gasteiger partial charge in [0.25, 0.3) is 11.6 Å². The molecule has 0 unspecified atom stereocenters. The number of ether oxygens (including phenoxy) is 1. The molecule has 0 bridgehead atoms. The Hall–Kier alpha value is -3.00. The molecule has 3 N–H and O–H groups in total. The second-order valence-electron chi connectivity index (χ2n) is 6.45. The molecule has 1 amide bonds. The van der Waals surface area contributed by atoms with Crippen molar-refractivity contribution in [1.82, 2.24) is 0 Å². The lowest BCUT2D eigenvalue weighted by Gasteiger charge is -2.19. The third kappa shape index (κ3) is 5.49. The standard InChI is InChI=1S/C19H22FN3O4/c1-12(2)19(13-4-6-14(20)7-5-13)21-11-18(24)22-16-9-8-15(23(25)26)10-17(16)27-3/h4-10,12,19,21H,11H2,1-3H3,(H,22,24)/p+1/t19-/m1/s1. The van der Waals surface area contributed by atoms with Crippen LogP contribution in [0.5, 0.6) is 5.75 Å². The van der Waals surface area contributed by atoms with E-state index in [2.05, 4.69) is 5.32 Å². The van der Waals surface area contributed by atoms with Crippen molar-refractivity contribution in [3.63, 3.8) is 0 Å². The SMILES string of the molecule is COc1cc([N+](=O)[O-])ccc1NC(=O)C[NH2+][C@@H](c1ccc(F)cc1)C(C)C. The second kappa shape index (κ2) is 9.09. The highest BCUT2D eigenvalue weighted by atomic mass is 19.1. The van der Waals surface area contributed by atoms with Crippen molar-refractivity contribution >= 4 is 17.3 Å². The van der Waals surface area contributed by atoms with E-state index in [1.807, 2.05) is 19.2 Å². The summed E-state index contributed by atoms with van der Waals surface area (Å²) >= 11 is 0. The van der Waals surface area contributed by atoms with Crippen molar-refractivity contribution < 1.29 is 24.2 Å². The molecule has 144 valence electrons. The molecule has 7 nitrogen and oxygen atoms in total. The monoisotopic (exact) mass is 376 g/mol. The number of hydrogen-bond donors (Lipinski definition) is 2. The van der Waals surface area contributed by atoms with Gasteiger partial charge in [-0.2, -0.15) is 0 Å². The van der Waals surface area contributed by atoms with Gasteiger partial charge < -0.3 is 15.4 Å². The number of nitrogens with two attached hydrogens (primary N) is 1. The molecule has 2 aromatic carbocycles. The number of rotatable bonds is 8. The van der Waals surface area contributed by atoms with E-state index < -0.39 is 4.92 Å². The van der Waals surface area contributed by atoms with Gasteiger partial charge in [-0.05, 0) is 18.2 Å². The minimum atomic E-state index is -0.530. The van der Waals surface area contributed by atoms with Crippen molar-refractivity contribution in [2.24, 2.45) is 5.92 Å². The van der Waals surface area contributed by atoms with Crippen molar-refractivity contribution in [3.05, 3.63) is 64.0 Å². The lowest BCUT2D eigenvalue weighted by atomic mass is 9.96. The topological polar surface area (TPSA) is 98.1 Å². The van der Waals surface area contributed by atoms with Crippen LogP contribution in [0.4, 0.5) is 15.8 Å². The van der Waals surface area contributed by atoms with Gasteiger partial charge in [-0.3, -0.25) is 14.9 Å². The minimum absolute atomic E-state index is 0.00453. The van der Waals surface area contributed by atoms with Gasteiger partial charge in [0.05, 0.1) is 23.8 Å². The summed E-state index contributed by atoms with van der Waals surface area (Å²) in [6, 6.07) is 10.2. The highest BCUT2D eigenvalue weighted by molar-refractivity contribution is 5.93. The van der Waals surface area contributed by atoms with E-state index in [4.69, 9.17) is 4.74 Å². The molecule has 1 atom stereocenters. The van der Waals surface area contributed by atoms with Crippen LogP contribution in [-0.4, -0.2) is 24.5 Å². The van der Waals surface area contributed by atoms with Crippen LogP contribution in [0.15, 0.2) is 42.5 Å². The molecule has 0 aliphatic carbocycles. The van der Waals surface area contributed by atoms with Crippen molar-refractivity contribution in [2.75, 3.05) is 19.0 Å². The summed E-state index contributed by atoms with van der Waals surface area (Å²) in [7, 11) is 1.38. The van der Waals surface area contributed by atoms with E-state index in [-0.39, 0.29) is 41.7 Å². The van der Waals surface area contributed by atoms with E-state index in [0.717, 1.165) is 5.56 Å². The van der Waals surface area contributed by atoms with Crippen molar-refractivity contribution in [3.8, 4) is 5.75 Å². The van der Waals surface area contributed by atoms with Gasteiger partial charge in [0, 0.05) is 17.5 Å². The number of carbonyl (C=O) groups excluding carboxylic acids is 1. The smallest absolute Gasteiger partial charge is 0.279 e.